The van der Waals surface area contributed by atoms with Gasteiger partial charge in [0.1, 0.15) is 5.82 Å². The van der Waals surface area contributed by atoms with E-state index in [4.69, 9.17) is 0 Å². The summed E-state index contributed by atoms with van der Waals surface area (Å²) >= 11 is 0. The molecule has 3 N–H and O–H groups in total. The van der Waals surface area contributed by atoms with Crippen LogP contribution in [0.25, 0.3) is 11.0 Å². The first kappa shape index (κ1) is 18.4. The first-order valence-electron chi connectivity index (χ1n) is 9.19. The minimum Gasteiger partial charge on any atom is -0.346 e. The van der Waals surface area contributed by atoms with E-state index in [0.717, 1.165) is 16.7 Å². The summed E-state index contributed by atoms with van der Waals surface area (Å²) in [5.74, 6) is 0.237. The Bertz CT molecular complexity index is 1100. The molecule has 2 amide bonds. The zero-order valence-corrected chi connectivity index (χ0v) is 15.6. The number of hydrogen-bond acceptors (Lipinski definition) is 4. The smallest absolute Gasteiger partial charge is 0.251 e. The summed E-state index contributed by atoms with van der Waals surface area (Å²) in [7, 11) is 0. The maximum Gasteiger partial charge on any atom is 0.251 e. The van der Waals surface area contributed by atoms with Crippen molar-refractivity contribution in [2.45, 2.75) is 13.1 Å². The SMILES string of the molecule is O=C(NCc1ccccn1)c1ccc(C(=O)NCc2nc3ccccc3[nH]2)cc1. The minimum atomic E-state index is -0.231. The third kappa shape index (κ3) is 4.47. The summed E-state index contributed by atoms with van der Waals surface area (Å²) < 4.78 is 0. The highest BCUT2D eigenvalue weighted by molar-refractivity contribution is 5.97. The average Bonchev–Trinajstić information content (AvgIpc) is 3.20. The lowest BCUT2D eigenvalue weighted by Crippen LogP contribution is -2.25. The highest BCUT2D eigenvalue weighted by Gasteiger charge is 2.10. The molecule has 7 nitrogen and oxygen atoms in total. The van der Waals surface area contributed by atoms with Crippen molar-refractivity contribution in [1.29, 1.82) is 0 Å². The summed E-state index contributed by atoms with van der Waals surface area (Å²) in [6, 6.07) is 19.7. The number of H-pyrrole nitrogens is 1. The molecule has 2 aromatic heterocycles. The molecular weight excluding hydrogens is 366 g/mol. The zero-order valence-electron chi connectivity index (χ0n) is 15.6. The predicted molar refractivity (Wildman–Crippen MR) is 109 cm³/mol. The number of hydrogen-bond donors (Lipinski definition) is 3. The van der Waals surface area contributed by atoms with E-state index < -0.39 is 0 Å². The van der Waals surface area contributed by atoms with Gasteiger partial charge in [-0.1, -0.05) is 18.2 Å². The number of amides is 2. The second-order valence-corrected chi connectivity index (χ2v) is 6.46. The fraction of sp³-hybridized carbons (Fsp3) is 0.0909. The van der Waals surface area contributed by atoms with Crippen molar-refractivity contribution in [3.63, 3.8) is 0 Å². The van der Waals surface area contributed by atoms with Crippen LogP contribution in [0.15, 0.2) is 72.9 Å². The van der Waals surface area contributed by atoms with Crippen LogP contribution < -0.4 is 10.6 Å². The van der Waals surface area contributed by atoms with Crippen molar-refractivity contribution < 1.29 is 9.59 Å². The summed E-state index contributed by atoms with van der Waals surface area (Å²) in [6.07, 6.45) is 1.68. The Balaban J connectivity index is 1.33. The summed E-state index contributed by atoms with van der Waals surface area (Å²) in [5.41, 5.74) is 3.52. The number of benzene rings is 2. The fourth-order valence-corrected chi connectivity index (χ4v) is 2.90. The second-order valence-electron chi connectivity index (χ2n) is 6.46. The first-order chi connectivity index (χ1) is 14.2. The summed E-state index contributed by atoms with van der Waals surface area (Å²) in [4.78, 5) is 36.4. The number of imidazole rings is 1. The lowest BCUT2D eigenvalue weighted by molar-refractivity contribution is 0.0938. The van der Waals surface area contributed by atoms with Crippen LogP contribution in [0.1, 0.15) is 32.2 Å². The van der Waals surface area contributed by atoms with Crippen LogP contribution in [-0.4, -0.2) is 26.8 Å². The van der Waals surface area contributed by atoms with Gasteiger partial charge in [0.2, 0.25) is 0 Å². The van der Waals surface area contributed by atoms with E-state index in [1.54, 1.807) is 30.5 Å². The van der Waals surface area contributed by atoms with Gasteiger partial charge in [0, 0.05) is 17.3 Å². The second kappa shape index (κ2) is 8.35. The summed E-state index contributed by atoms with van der Waals surface area (Å²) in [6.45, 7) is 0.638. The Morgan fingerprint density at radius 1 is 0.793 bits per heavy atom. The molecule has 29 heavy (non-hydrogen) atoms. The van der Waals surface area contributed by atoms with Crippen LogP contribution in [0.5, 0.6) is 0 Å². The van der Waals surface area contributed by atoms with Crippen molar-refractivity contribution in [3.8, 4) is 0 Å². The van der Waals surface area contributed by atoms with Crippen molar-refractivity contribution >= 4 is 22.8 Å². The molecule has 0 fully saturated rings. The van der Waals surface area contributed by atoms with Gasteiger partial charge in [-0.2, -0.15) is 0 Å². The molecule has 0 aliphatic heterocycles. The van der Waals surface area contributed by atoms with Crippen LogP contribution in [0.3, 0.4) is 0 Å². The predicted octanol–water partition coefficient (Wildman–Crippen LogP) is 2.82. The molecular formula is C22H19N5O2. The van der Waals surface area contributed by atoms with E-state index in [1.807, 2.05) is 42.5 Å². The van der Waals surface area contributed by atoms with Gasteiger partial charge < -0.3 is 15.6 Å². The molecule has 144 valence electrons. The van der Waals surface area contributed by atoms with Gasteiger partial charge in [-0.25, -0.2) is 4.98 Å². The monoisotopic (exact) mass is 385 g/mol. The topological polar surface area (TPSA) is 99.8 Å². The van der Waals surface area contributed by atoms with Crippen LogP contribution >= 0.6 is 0 Å². The molecule has 0 unspecified atom stereocenters. The van der Waals surface area contributed by atoms with Gasteiger partial charge in [0.15, 0.2) is 0 Å². The lowest BCUT2D eigenvalue weighted by atomic mass is 10.1. The molecule has 2 heterocycles. The highest BCUT2D eigenvalue weighted by atomic mass is 16.2. The number of aromatic nitrogens is 3. The Kier molecular flexibility index (Phi) is 5.29. The number of carbonyl (C=O) groups excluding carboxylic acids is 2. The standard InChI is InChI=1S/C22H19N5O2/c28-21(24-13-17-5-3-4-12-23-17)15-8-10-16(11-9-15)22(29)25-14-20-26-18-6-1-2-7-19(18)27-20/h1-12H,13-14H2,(H,24,28)(H,25,29)(H,26,27). The Labute approximate surface area is 167 Å². The van der Waals surface area contributed by atoms with Gasteiger partial charge in [0.25, 0.3) is 11.8 Å². The highest BCUT2D eigenvalue weighted by Crippen LogP contribution is 2.10. The number of nitrogens with zero attached hydrogens (tertiary/aromatic N) is 2. The van der Waals surface area contributed by atoms with Crippen LogP contribution in [0.2, 0.25) is 0 Å². The molecule has 4 aromatic rings. The van der Waals surface area contributed by atoms with E-state index in [2.05, 4.69) is 25.6 Å². The zero-order chi connectivity index (χ0) is 20.1. The van der Waals surface area contributed by atoms with Gasteiger partial charge in [-0.05, 0) is 48.5 Å². The molecule has 7 heteroatoms. The van der Waals surface area contributed by atoms with E-state index in [1.165, 1.54) is 0 Å². The average molecular weight is 385 g/mol. The van der Waals surface area contributed by atoms with Gasteiger partial charge in [0.05, 0.1) is 29.8 Å². The molecule has 0 saturated heterocycles. The maximum atomic E-state index is 12.4. The molecule has 4 rings (SSSR count). The van der Waals surface area contributed by atoms with Crippen molar-refractivity contribution in [1.82, 2.24) is 25.6 Å². The lowest BCUT2D eigenvalue weighted by Gasteiger charge is -2.06. The van der Waals surface area contributed by atoms with Crippen LogP contribution in [-0.2, 0) is 13.1 Å². The molecule has 0 saturated carbocycles. The van der Waals surface area contributed by atoms with Gasteiger partial charge >= 0.3 is 0 Å². The molecule has 0 radical (unpaired) electrons. The quantitative estimate of drug-likeness (QED) is 0.475. The Morgan fingerprint density at radius 3 is 2.10 bits per heavy atom. The number of nitrogens with one attached hydrogen (secondary N) is 3. The van der Waals surface area contributed by atoms with Crippen molar-refractivity contribution in [3.05, 3.63) is 95.6 Å². The molecule has 0 aliphatic rings. The summed E-state index contributed by atoms with van der Waals surface area (Å²) in [5, 5.41) is 5.64. The number of fused-ring (bicyclic) bond motifs is 1. The van der Waals surface area contributed by atoms with Gasteiger partial charge in [-0.3, -0.25) is 14.6 Å². The molecule has 0 aliphatic carbocycles. The maximum absolute atomic E-state index is 12.4. The number of para-hydroxylation sites is 2. The van der Waals surface area contributed by atoms with Crippen molar-refractivity contribution in [2.24, 2.45) is 0 Å². The Morgan fingerprint density at radius 2 is 1.45 bits per heavy atom. The van der Waals surface area contributed by atoms with Gasteiger partial charge in [-0.15, -0.1) is 0 Å². The van der Waals surface area contributed by atoms with Crippen LogP contribution in [0.4, 0.5) is 0 Å². The molecule has 0 bridgehead atoms. The third-order valence-corrected chi connectivity index (χ3v) is 4.42. The van der Waals surface area contributed by atoms with E-state index in [-0.39, 0.29) is 11.8 Å². The normalized spacial score (nSPS) is 10.6. The molecule has 0 spiro atoms. The van der Waals surface area contributed by atoms with E-state index in [9.17, 15) is 9.59 Å². The first-order valence-corrected chi connectivity index (χ1v) is 9.19. The fourth-order valence-electron chi connectivity index (χ4n) is 2.90. The molecule has 0 atom stereocenters. The minimum absolute atomic E-state index is 0.218. The molecule has 2 aromatic carbocycles. The number of rotatable bonds is 6. The third-order valence-electron chi connectivity index (χ3n) is 4.42. The van der Waals surface area contributed by atoms with E-state index >= 15 is 0 Å². The van der Waals surface area contributed by atoms with E-state index in [0.29, 0.717) is 30.0 Å². The van der Waals surface area contributed by atoms with Crippen molar-refractivity contribution in [2.75, 3.05) is 0 Å². The number of pyridine rings is 1. The largest absolute Gasteiger partial charge is 0.346 e. The number of carbonyl (C=O) groups is 2. The Hall–Kier alpha value is -4.00. The van der Waals surface area contributed by atoms with Crippen LogP contribution in [0, 0.1) is 0 Å². The number of aromatic amines is 1.